The topological polar surface area (TPSA) is 107 Å². The molecule has 142 valence electrons. The van der Waals surface area contributed by atoms with Crippen LogP contribution in [0.5, 0.6) is 11.5 Å². The van der Waals surface area contributed by atoms with Gasteiger partial charge in [0.05, 0.1) is 37.8 Å². The molecule has 0 unspecified atom stereocenters. The van der Waals surface area contributed by atoms with Crippen molar-refractivity contribution < 1.29 is 14.3 Å². The van der Waals surface area contributed by atoms with Crippen molar-refractivity contribution in [1.82, 2.24) is 25.0 Å². The number of ether oxygens (including phenoxy) is 2. The molecule has 0 bridgehead atoms. The van der Waals surface area contributed by atoms with Gasteiger partial charge in [0.15, 0.2) is 0 Å². The third-order valence-electron chi connectivity index (χ3n) is 4.28. The van der Waals surface area contributed by atoms with Crippen LogP contribution in [0.1, 0.15) is 0 Å². The molecule has 2 aromatic heterocycles. The van der Waals surface area contributed by atoms with Crippen LogP contribution in [0.15, 0.2) is 48.9 Å². The first-order chi connectivity index (χ1) is 13.7. The lowest BCUT2D eigenvalue weighted by atomic mass is 10.1. The molecule has 2 aromatic carbocycles. The molecule has 1 amide bonds. The van der Waals surface area contributed by atoms with Crippen LogP contribution in [0.2, 0.25) is 0 Å². The molecule has 0 saturated heterocycles. The molecule has 0 atom stereocenters. The summed E-state index contributed by atoms with van der Waals surface area (Å²) in [5.74, 6) is 0.983. The number of rotatable bonds is 6. The van der Waals surface area contributed by atoms with Gasteiger partial charge in [-0.05, 0) is 6.07 Å². The number of H-pyrrole nitrogens is 1. The van der Waals surface area contributed by atoms with E-state index in [4.69, 9.17) is 9.47 Å². The second-order valence-corrected chi connectivity index (χ2v) is 6.05. The minimum absolute atomic E-state index is 0.0882. The third-order valence-corrected chi connectivity index (χ3v) is 4.28. The van der Waals surface area contributed by atoms with Gasteiger partial charge in [-0.2, -0.15) is 0 Å². The second-order valence-electron chi connectivity index (χ2n) is 6.05. The SMILES string of the molecule is COc1cc(NC(=O)Cn2cnc3cccc(-c4c[nH]nn4)c32)cc(OC)c1. The summed E-state index contributed by atoms with van der Waals surface area (Å²) in [6, 6.07) is 10.9. The van der Waals surface area contributed by atoms with Gasteiger partial charge in [0.1, 0.15) is 23.7 Å². The van der Waals surface area contributed by atoms with E-state index in [1.807, 2.05) is 18.2 Å². The number of para-hydroxylation sites is 1. The third kappa shape index (κ3) is 3.37. The van der Waals surface area contributed by atoms with E-state index in [0.29, 0.717) is 22.9 Å². The van der Waals surface area contributed by atoms with E-state index in [1.165, 1.54) is 0 Å². The number of imidazole rings is 1. The summed E-state index contributed by atoms with van der Waals surface area (Å²) in [4.78, 5) is 17.0. The zero-order valence-electron chi connectivity index (χ0n) is 15.3. The molecule has 0 spiro atoms. The number of amides is 1. The summed E-state index contributed by atoms with van der Waals surface area (Å²) < 4.78 is 12.3. The molecule has 9 heteroatoms. The van der Waals surface area contributed by atoms with Gasteiger partial charge in [0.25, 0.3) is 0 Å². The summed E-state index contributed by atoms with van der Waals surface area (Å²) in [6.45, 7) is 0.0882. The van der Waals surface area contributed by atoms with Gasteiger partial charge >= 0.3 is 0 Å². The number of nitrogens with one attached hydrogen (secondary N) is 2. The number of anilines is 1. The first kappa shape index (κ1) is 17.5. The standard InChI is InChI=1S/C19H18N6O3/c1-27-13-6-12(7-14(8-13)28-2)22-18(26)10-25-11-20-16-5-3-4-15(19(16)25)17-9-21-24-23-17/h3-9,11H,10H2,1-2H3,(H,22,26)(H,21,23,24). The lowest BCUT2D eigenvalue weighted by Crippen LogP contribution is -2.18. The Balaban J connectivity index is 1.61. The molecule has 0 aliphatic heterocycles. The molecule has 0 radical (unpaired) electrons. The maximum Gasteiger partial charge on any atom is 0.244 e. The quantitative estimate of drug-likeness (QED) is 0.534. The summed E-state index contributed by atoms with van der Waals surface area (Å²) >= 11 is 0. The minimum Gasteiger partial charge on any atom is -0.497 e. The van der Waals surface area contributed by atoms with Crippen LogP contribution < -0.4 is 14.8 Å². The molecule has 2 heterocycles. The van der Waals surface area contributed by atoms with Gasteiger partial charge in [0.2, 0.25) is 5.91 Å². The van der Waals surface area contributed by atoms with E-state index in [1.54, 1.807) is 49.5 Å². The van der Waals surface area contributed by atoms with Crippen molar-refractivity contribution in [2.24, 2.45) is 0 Å². The highest BCUT2D eigenvalue weighted by atomic mass is 16.5. The van der Waals surface area contributed by atoms with Crippen molar-refractivity contribution in [3.05, 3.63) is 48.9 Å². The maximum atomic E-state index is 12.6. The Hall–Kier alpha value is -3.88. The molecule has 28 heavy (non-hydrogen) atoms. The van der Waals surface area contributed by atoms with Crippen molar-refractivity contribution in [3.63, 3.8) is 0 Å². The normalized spacial score (nSPS) is 10.8. The summed E-state index contributed by atoms with van der Waals surface area (Å²) in [5, 5.41) is 13.4. The Labute approximate surface area is 160 Å². The van der Waals surface area contributed by atoms with E-state index in [0.717, 1.165) is 16.6 Å². The van der Waals surface area contributed by atoms with E-state index < -0.39 is 0 Å². The Morgan fingerprint density at radius 2 is 1.96 bits per heavy atom. The smallest absolute Gasteiger partial charge is 0.244 e. The van der Waals surface area contributed by atoms with Gasteiger partial charge in [-0.3, -0.25) is 9.89 Å². The Morgan fingerprint density at radius 1 is 1.18 bits per heavy atom. The number of nitrogens with zero attached hydrogens (tertiary/aromatic N) is 4. The first-order valence-corrected chi connectivity index (χ1v) is 8.51. The van der Waals surface area contributed by atoms with Gasteiger partial charge in [-0.15, -0.1) is 5.10 Å². The van der Waals surface area contributed by atoms with Gasteiger partial charge < -0.3 is 19.4 Å². The zero-order valence-corrected chi connectivity index (χ0v) is 15.3. The average molecular weight is 378 g/mol. The van der Waals surface area contributed by atoms with Crippen molar-refractivity contribution in [2.45, 2.75) is 6.54 Å². The number of carbonyl (C=O) groups is 1. The highest BCUT2D eigenvalue weighted by Gasteiger charge is 2.14. The van der Waals surface area contributed by atoms with Gasteiger partial charge in [-0.25, -0.2) is 4.98 Å². The molecule has 0 aliphatic carbocycles. The maximum absolute atomic E-state index is 12.6. The number of aromatic nitrogens is 5. The summed E-state index contributed by atoms with van der Waals surface area (Å²) in [6.07, 6.45) is 3.34. The molecule has 0 saturated carbocycles. The molecule has 0 fully saturated rings. The number of benzene rings is 2. The van der Waals surface area contributed by atoms with Crippen molar-refractivity contribution in [1.29, 1.82) is 0 Å². The van der Waals surface area contributed by atoms with Gasteiger partial charge in [0, 0.05) is 29.4 Å². The highest BCUT2D eigenvalue weighted by molar-refractivity contribution is 5.95. The molecular weight excluding hydrogens is 360 g/mol. The lowest BCUT2D eigenvalue weighted by Gasteiger charge is -2.11. The van der Waals surface area contributed by atoms with Crippen LogP contribution in [0.25, 0.3) is 22.3 Å². The molecule has 2 N–H and O–H groups in total. The monoisotopic (exact) mass is 378 g/mol. The van der Waals surface area contributed by atoms with Crippen LogP contribution >= 0.6 is 0 Å². The van der Waals surface area contributed by atoms with E-state index in [-0.39, 0.29) is 12.5 Å². The van der Waals surface area contributed by atoms with Crippen LogP contribution in [0.4, 0.5) is 5.69 Å². The lowest BCUT2D eigenvalue weighted by molar-refractivity contribution is -0.116. The minimum atomic E-state index is -0.204. The molecule has 4 aromatic rings. The van der Waals surface area contributed by atoms with Crippen LogP contribution in [0, 0.1) is 0 Å². The summed E-state index contributed by atoms with van der Waals surface area (Å²) in [7, 11) is 3.12. The Bertz CT molecular complexity index is 1100. The molecule has 4 rings (SSSR count). The van der Waals surface area contributed by atoms with Crippen molar-refractivity contribution in [3.8, 4) is 22.8 Å². The average Bonchev–Trinajstić information content (AvgIpc) is 3.38. The number of hydrogen-bond acceptors (Lipinski definition) is 6. The predicted octanol–water partition coefficient (Wildman–Crippen LogP) is 2.48. The van der Waals surface area contributed by atoms with Crippen LogP contribution in [-0.2, 0) is 11.3 Å². The van der Waals surface area contributed by atoms with Crippen molar-refractivity contribution >= 4 is 22.6 Å². The first-order valence-electron chi connectivity index (χ1n) is 8.51. The van der Waals surface area contributed by atoms with E-state index >= 15 is 0 Å². The fraction of sp³-hybridized carbons (Fsp3) is 0.158. The van der Waals surface area contributed by atoms with Crippen LogP contribution in [0.3, 0.4) is 0 Å². The molecular formula is C19H18N6O3. The number of aromatic amines is 1. The zero-order chi connectivity index (χ0) is 19.5. The number of carbonyl (C=O) groups excluding carboxylic acids is 1. The number of methoxy groups -OCH3 is 2. The van der Waals surface area contributed by atoms with E-state index in [9.17, 15) is 4.79 Å². The summed E-state index contributed by atoms with van der Waals surface area (Å²) in [5.41, 5.74) is 3.71. The number of fused-ring (bicyclic) bond motifs is 1. The van der Waals surface area contributed by atoms with E-state index in [2.05, 4.69) is 25.7 Å². The fourth-order valence-electron chi connectivity index (χ4n) is 3.02. The highest BCUT2D eigenvalue weighted by Crippen LogP contribution is 2.27. The predicted molar refractivity (Wildman–Crippen MR) is 103 cm³/mol. The largest absolute Gasteiger partial charge is 0.497 e. The fourth-order valence-corrected chi connectivity index (χ4v) is 3.02. The van der Waals surface area contributed by atoms with Crippen LogP contribution in [-0.4, -0.2) is 45.1 Å². The van der Waals surface area contributed by atoms with Gasteiger partial charge in [-0.1, -0.05) is 17.3 Å². The van der Waals surface area contributed by atoms with Crippen molar-refractivity contribution in [2.75, 3.05) is 19.5 Å². The molecule has 9 nitrogen and oxygen atoms in total. The Morgan fingerprint density at radius 3 is 2.64 bits per heavy atom. The number of hydrogen-bond donors (Lipinski definition) is 2. The second kappa shape index (κ2) is 7.39. The molecule has 0 aliphatic rings. The Kier molecular flexibility index (Phi) is 4.63.